The lowest BCUT2D eigenvalue weighted by Crippen LogP contribution is -2.46. The topological polar surface area (TPSA) is 95.9 Å². The number of rotatable bonds is 7. The summed E-state index contributed by atoms with van der Waals surface area (Å²) in [6.45, 7) is 1.08. The minimum absolute atomic E-state index is 0.0575. The zero-order valence-electron chi connectivity index (χ0n) is 13.4. The summed E-state index contributed by atoms with van der Waals surface area (Å²) in [5, 5.41) is 11.2. The summed E-state index contributed by atoms with van der Waals surface area (Å²) in [4.78, 5) is 36.7. The van der Waals surface area contributed by atoms with Crippen molar-refractivity contribution in [1.82, 2.24) is 10.2 Å². The van der Waals surface area contributed by atoms with Crippen molar-refractivity contribution < 1.29 is 24.2 Å². The van der Waals surface area contributed by atoms with E-state index in [1.54, 1.807) is 17.0 Å². The second kappa shape index (κ2) is 9.02. The molecule has 0 spiro atoms. The molecule has 0 aromatic heterocycles. The van der Waals surface area contributed by atoms with Crippen LogP contribution in [0.4, 0.5) is 0 Å². The van der Waals surface area contributed by atoms with Crippen LogP contribution in [-0.4, -0.2) is 60.6 Å². The van der Waals surface area contributed by atoms with E-state index in [0.29, 0.717) is 18.7 Å². The average Bonchev–Trinajstić information content (AvgIpc) is 2.61. The molecule has 0 saturated carbocycles. The number of ether oxygens (including phenoxy) is 1. The molecule has 1 fully saturated rings. The summed E-state index contributed by atoms with van der Waals surface area (Å²) in [6, 6.07) is 9.03. The van der Waals surface area contributed by atoms with Gasteiger partial charge in [-0.1, -0.05) is 18.2 Å². The fourth-order valence-corrected chi connectivity index (χ4v) is 2.69. The van der Waals surface area contributed by atoms with Crippen molar-refractivity contribution >= 4 is 17.8 Å². The molecule has 0 radical (unpaired) electrons. The summed E-state index contributed by atoms with van der Waals surface area (Å²) in [7, 11) is 0. The molecule has 1 atom stereocenters. The van der Waals surface area contributed by atoms with Gasteiger partial charge in [-0.15, -0.1) is 0 Å². The zero-order chi connectivity index (χ0) is 17.4. The first kappa shape index (κ1) is 17.9. The van der Waals surface area contributed by atoms with Crippen LogP contribution in [0.15, 0.2) is 30.3 Å². The Balaban J connectivity index is 1.78. The average molecular weight is 334 g/mol. The van der Waals surface area contributed by atoms with Crippen molar-refractivity contribution in [3.8, 4) is 0 Å². The summed E-state index contributed by atoms with van der Waals surface area (Å²) in [5.41, 5.74) is 0.626. The number of likely N-dealkylation sites (tertiary alicyclic amines) is 1. The molecule has 1 unspecified atom stereocenters. The van der Waals surface area contributed by atoms with Crippen LogP contribution in [0.1, 0.15) is 23.2 Å². The van der Waals surface area contributed by atoms with Crippen molar-refractivity contribution in [3.63, 3.8) is 0 Å². The number of benzene rings is 1. The number of nitrogens with one attached hydrogen (secondary N) is 1. The predicted octanol–water partition coefficient (Wildman–Crippen LogP) is 0.756. The number of aliphatic carboxylic acids is 1. The van der Waals surface area contributed by atoms with Gasteiger partial charge in [0.15, 0.2) is 0 Å². The number of carboxylic acid groups (broad SMARTS) is 1. The van der Waals surface area contributed by atoms with Crippen LogP contribution in [0.2, 0.25) is 0 Å². The highest BCUT2D eigenvalue weighted by Crippen LogP contribution is 2.18. The highest BCUT2D eigenvalue weighted by atomic mass is 16.5. The van der Waals surface area contributed by atoms with Gasteiger partial charge < -0.3 is 20.1 Å². The standard InChI is InChI=1S/C17H22N2O5/c20-15(21)12-24-10-8-18-16(22)14-7-4-9-19(11-14)17(23)13-5-2-1-3-6-13/h1-3,5-6,14H,4,7-12H2,(H,18,22)(H,20,21). The van der Waals surface area contributed by atoms with Gasteiger partial charge in [0.2, 0.25) is 5.91 Å². The van der Waals surface area contributed by atoms with Gasteiger partial charge in [0.05, 0.1) is 12.5 Å². The van der Waals surface area contributed by atoms with E-state index in [4.69, 9.17) is 9.84 Å². The Morgan fingerprint density at radius 2 is 2.00 bits per heavy atom. The van der Waals surface area contributed by atoms with Crippen molar-refractivity contribution in [2.24, 2.45) is 5.92 Å². The lowest BCUT2D eigenvalue weighted by atomic mass is 9.96. The highest BCUT2D eigenvalue weighted by Gasteiger charge is 2.28. The number of hydrogen-bond donors (Lipinski definition) is 2. The maximum Gasteiger partial charge on any atom is 0.329 e. The molecule has 1 aromatic carbocycles. The third-order valence-electron chi connectivity index (χ3n) is 3.87. The minimum Gasteiger partial charge on any atom is -0.480 e. The Morgan fingerprint density at radius 3 is 2.71 bits per heavy atom. The van der Waals surface area contributed by atoms with Gasteiger partial charge in [-0.05, 0) is 25.0 Å². The number of piperidine rings is 1. The van der Waals surface area contributed by atoms with E-state index < -0.39 is 5.97 Å². The summed E-state index contributed by atoms with van der Waals surface area (Å²) in [5.74, 6) is -1.47. The monoisotopic (exact) mass is 334 g/mol. The van der Waals surface area contributed by atoms with Crippen molar-refractivity contribution in [1.29, 1.82) is 0 Å². The van der Waals surface area contributed by atoms with Gasteiger partial charge in [0.25, 0.3) is 5.91 Å². The lowest BCUT2D eigenvalue weighted by molar-refractivity contribution is -0.142. The first-order chi connectivity index (χ1) is 11.6. The maximum absolute atomic E-state index is 12.4. The third kappa shape index (κ3) is 5.34. The van der Waals surface area contributed by atoms with Gasteiger partial charge in [-0.2, -0.15) is 0 Å². The van der Waals surface area contributed by atoms with Crippen molar-refractivity contribution in [3.05, 3.63) is 35.9 Å². The molecule has 1 aliphatic heterocycles. The van der Waals surface area contributed by atoms with Crippen LogP contribution >= 0.6 is 0 Å². The van der Waals surface area contributed by atoms with Crippen molar-refractivity contribution in [2.45, 2.75) is 12.8 Å². The normalized spacial score (nSPS) is 17.3. The van der Waals surface area contributed by atoms with Crippen LogP contribution in [0.3, 0.4) is 0 Å². The molecule has 24 heavy (non-hydrogen) atoms. The number of carbonyl (C=O) groups excluding carboxylic acids is 2. The van der Waals surface area contributed by atoms with E-state index in [1.807, 2.05) is 18.2 Å². The molecule has 1 heterocycles. The SMILES string of the molecule is O=C(O)COCCNC(=O)C1CCCN(C(=O)c2ccccc2)C1. The van der Waals surface area contributed by atoms with Crippen LogP contribution in [0.5, 0.6) is 0 Å². The molecule has 0 bridgehead atoms. The molecule has 0 aliphatic carbocycles. The number of carboxylic acids is 1. The number of nitrogens with zero attached hydrogens (tertiary/aromatic N) is 1. The molecule has 7 heteroatoms. The third-order valence-corrected chi connectivity index (χ3v) is 3.87. The second-order valence-corrected chi connectivity index (χ2v) is 5.69. The first-order valence-electron chi connectivity index (χ1n) is 7.99. The Kier molecular flexibility index (Phi) is 6.74. The Labute approximate surface area is 140 Å². The van der Waals surface area contributed by atoms with E-state index in [-0.39, 0.29) is 37.5 Å². The Morgan fingerprint density at radius 1 is 1.25 bits per heavy atom. The molecule has 1 saturated heterocycles. The largest absolute Gasteiger partial charge is 0.480 e. The molecular weight excluding hydrogens is 312 g/mol. The predicted molar refractivity (Wildman–Crippen MR) is 86.5 cm³/mol. The van der Waals surface area contributed by atoms with Crippen LogP contribution < -0.4 is 5.32 Å². The van der Waals surface area contributed by atoms with Gasteiger partial charge in [-0.3, -0.25) is 9.59 Å². The smallest absolute Gasteiger partial charge is 0.329 e. The summed E-state index contributed by atoms with van der Waals surface area (Å²) < 4.78 is 4.87. The van der Waals surface area contributed by atoms with E-state index in [2.05, 4.69) is 5.32 Å². The first-order valence-corrected chi connectivity index (χ1v) is 7.99. The number of hydrogen-bond acceptors (Lipinski definition) is 4. The zero-order valence-corrected chi connectivity index (χ0v) is 13.4. The summed E-state index contributed by atoms with van der Waals surface area (Å²) in [6.07, 6.45) is 1.52. The quantitative estimate of drug-likeness (QED) is 0.718. The van der Waals surface area contributed by atoms with E-state index >= 15 is 0 Å². The molecule has 2 N–H and O–H groups in total. The number of carbonyl (C=O) groups is 3. The molecule has 2 amide bonds. The van der Waals surface area contributed by atoms with Gasteiger partial charge in [0, 0.05) is 25.2 Å². The van der Waals surface area contributed by atoms with Crippen LogP contribution in [-0.2, 0) is 14.3 Å². The van der Waals surface area contributed by atoms with E-state index in [1.165, 1.54) is 0 Å². The molecule has 1 aromatic rings. The fraction of sp³-hybridized carbons (Fsp3) is 0.471. The Hall–Kier alpha value is -2.41. The number of amides is 2. The Bertz CT molecular complexity index is 576. The maximum atomic E-state index is 12.4. The summed E-state index contributed by atoms with van der Waals surface area (Å²) >= 11 is 0. The molecule has 130 valence electrons. The van der Waals surface area contributed by atoms with E-state index in [0.717, 1.165) is 12.8 Å². The molecule has 7 nitrogen and oxygen atoms in total. The highest BCUT2D eigenvalue weighted by molar-refractivity contribution is 5.94. The molecule has 2 rings (SSSR count). The molecule has 1 aliphatic rings. The lowest BCUT2D eigenvalue weighted by Gasteiger charge is -2.32. The minimum atomic E-state index is -1.04. The van der Waals surface area contributed by atoms with Crippen LogP contribution in [0, 0.1) is 5.92 Å². The van der Waals surface area contributed by atoms with Crippen molar-refractivity contribution in [2.75, 3.05) is 32.8 Å². The second-order valence-electron chi connectivity index (χ2n) is 5.69. The van der Waals surface area contributed by atoms with Gasteiger partial charge in [0.1, 0.15) is 6.61 Å². The van der Waals surface area contributed by atoms with E-state index in [9.17, 15) is 14.4 Å². The van der Waals surface area contributed by atoms with Gasteiger partial charge >= 0.3 is 5.97 Å². The van der Waals surface area contributed by atoms with Gasteiger partial charge in [-0.25, -0.2) is 4.79 Å². The molecular formula is C17H22N2O5. The van der Waals surface area contributed by atoms with Crippen LogP contribution in [0.25, 0.3) is 0 Å². The fourth-order valence-electron chi connectivity index (χ4n) is 2.69.